The molecule has 15 heavy (non-hydrogen) atoms. The van der Waals surface area contributed by atoms with Crippen LogP contribution in [0.2, 0.25) is 0 Å². The second-order valence-electron chi connectivity index (χ2n) is 5.38. The first-order chi connectivity index (χ1) is 6.82. The van der Waals surface area contributed by atoms with Crippen LogP contribution in [0.4, 0.5) is 0 Å². The fourth-order valence-electron chi connectivity index (χ4n) is 2.24. The molecule has 0 spiro atoms. The minimum Gasteiger partial charge on any atom is -0.309 e. The molecule has 0 bridgehead atoms. The van der Waals surface area contributed by atoms with Crippen molar-refractivity contribution < 1.29 is 4.21 Å². The van der Waals surface area contributed by atoms with Crippen LogP contribution in [0.1, 0.15) is 27.7 Å². The standard InChI is InChI=1S/C11H24N2OS/c1-9-6-12-11(3,4)8-13(9)10(2)7-15(5)14/h9-10,12H,6-8H2,1-5H3. The summed E-state index contributed by atoms with van der Waals surface area (Å²) in [4.78, 5) is 2.47. The molecule has 1 aliphatic rings. The molecule has 0 saturated carbocycles. The quantitative estimate of drug-likeness (QED) is 0.782. The van der Waals surface area contributed by atoms with Gasteiger partial charge in [-0.15, -0.1) is 0 Å². The van der Waals surface area contributed by atoms with Crippen molar-refractivity contribution in [3.05, 3.63) is 0 Å². The molecule has 1 heterocycles. The smallest absolute Gasteiger partial charge is 0.0385 e. The molecule has 4 heteroatoms. The first kappa shape index (κ1) is 13.1. The molecule has 1 saturated heterocycles. The number of hydrogen-bond acceptors (Lipinski definition) is 3. The molecule has 1 N–H and O–H groups in total. The van der Waals surface area contributed by atoms with Gasteiger partial charge in [-0.3, -0.25) is 9.11 Å². The third kappa shape index (κ3) is 3.85. The van der Waals surface area contributed by atoms with Gasteiger partial charge in [0.05, 0.1) is 0 Å². The van der Waals surface area contributed by atoms with Crippen molar-refractivity contribution in [1.82, 2.24) is 10.2 Å². The van der Waals surface area contributed by atoms with E-state index in [4.69, 9.17) is 0 Å². The Morgan fingerprint density at radius 3 is 2.73 bits per heavy atom. The monoisotopic (exact) mass is 232 g/mol. The molecule has 1 fully saturated rings. The van der Waals surface area contributed by atoms with E-state index in [9.17, 15) is 4.21 Å². The van der Waals surface area contributed by atoms with Crippen molar-refractivity contribution in [3.63, 3.8) is 0 Å². The van der Waals surface area contributed by atoms with E-state index >= 15 is 0 Å². The molecule has 0 aromatic carbocycles. The first-order valence-electron chi connectivity index (χ1n) is 5.62. The minimum atomic E-state index is -0.699. The molecule has 3 unspecified atom stereocenters. The second kappa shape index (κ2) is 4.93. The Bertz CT molecular complexity index is 243. The molecule has 3 nitrogen and oxygen atoms in total. The highest BCUT2D eigenvalue weighted by atomic mass is 32.2. The molecular formula is C11H24N2OS. The van der Waals surface area contributed by atoms with E-state index in [1.807, 2.05) is 0 Å². The SMILES string of the molecule is CC1CNC(C)(C)CN1C(C)CS(C)=O. The van der Waals surface area contributed by atoms with E-state index < -0.39 is 10.8 Å². The average Bonchev–Trinajstić information content (AvgIpc) is 2.08. The molecule has 0 aromatic heterocycles. The molecular weight excluding hydrogens is 208 g/mol. The predicted molar refractivity (Wildman–Crippen MR) is 66.6 cm³/mol. The third-order valence-electron chi connectivity index (χ3n) is 3.06. The van der Waals surface area contributed by atoms with Crippen LogP contribution in [-0.2, 0) is 10.8 Å². The largest absolute Gasteiger partial charge is 0.309 e. The minimum absolute atomic E-state index is 0.177. The predicted octanol–water partition coefficient (Wildman–Crippen LogP) is 0.826. The average molecular weight is 232 g/mol. The number of piperazine rings is 1. The van der Waals surface area contributed by atoms with Crippen LogP contribution in [0.5, 0.6) is 0 Å². The summed E-state index contributed by atoms with van der Waals surface area (Å²) in [7, 11) is -0.699. The Labute approximate surface area is 96.1 Å². The van der Waals surface area contributed by atoms with Crippen LogP contribution in [0.3, 0.4) is 0 Å². The molecule has 0 aliphatic carbocycles. The Hall–Kier alpha value is 0.0700. The van der Waals surface area contributed by atoms with Gasteiger partial charge in [0.25, 0.3) is 0 Å². The van der Waals surface area contributed by atoms with Gasteiger partial charge < -0.3 is 5.32 Å². The van der Waals surface area contributed by atoms with Gasteiger partial charge in [-0.2, -0.15) is 0 Å². The van der Waals surface area contributed by atoms with E-state index in [2.05, 4.69) is 37.9 Å². The van der Waals surface area contributed by atoms with Crippen molar-refractivity contribution in [2.24, 2.45) is 0 Å². The summed E-state index contributed by atoms with van der Waals surface area (Å²) in [5.41, 5.74) is 0.177. The number of rotatable bonds is 3. The normalized spacial score (nSPS) is 31.1. The number of nitrogens with zero attached hydrogens (tertiary/aromatic N) is 1. The van der Waals surface area contributed by atoms with Crippen LogP contribution >= 0.6 is 0 Å². The third-order valence-corrected chi connectivity index (χ3v) is 4.01. The van der Waals surface area contributed by atoms with Crippen molar-refractivity contribution >= 4 is 10.8 Å². The highest BCUT2D eigenvalue weighted by Crippen LogP contribution is 2.17. The maximum atomic E-state index is 11.2. The Balaban J connectivity index is 2.61. The Morgan fingerprint density at radius 1 is 1.60 bits per heavy atom. The van der Waals surface area contributed by atoms with E-state index in [0.29, 0.717) is 12.1 Å². The van der Waals surface area contributed by atoms with Crippen LogP contribution in [0, 0.1) is 0 Å². The molecule has 90 valence electrons. The van der Waals surface area contributed by atoms with E-state index in [-0.39, 0.29) is 5.54 Å². The molecule has 0 amide bonds. The molecule has 0 aromatic rings. The van der Waals surface area contributed by atoms with Crippen molar-refractivity contribution in [2.45, 2.75) is 45.3 Å². The van der Waals surface area contributed by atoms with Gasteiger partial charge in [-0.1, -0.05) is 0 Å². The van der Waals surface area contributed by atoms with Crippen LogP contribution in [-0.4, -0.2) is 51.8 Å². The zero-order valence-electron chi connectivity index (χ0n) is 10.5. The van der Waals surface area contributed by atoms with Gasteiger partial charge in [-0.25, -0.2) is 0 Å². The molecule has 1 aliphatic heterocycles. The zero-order chi connectivity index (χ0) is 11.6. The van der Waals surface area contributed by atoms with Gasteiger partial charge in [-0.05, 0) is 27.7 Å². The van der Waals surface area contributed by atoms with Gasteiger partial charge >= 0.3 is 0 Å². The fraction of sp³-hybridized carbons (Fsp3) is 1.00. The number of hydrogen-bond donors (Lipinski definition) is 1. The van der Waals surface area contributed by atoms with Gasteiger partial charge in [0, 0.05) is 53.5 Å². The number of nitrogens with one attached hydrogen (secondary N) is 1. The lowest BCUT2D eigenvalue weighted by molar-refractivity contribution is 0.0776. The summed E-state index contributed by atoms with van der Waals surface area (Å²) in [5.74, 6) is 0.778. The maximum absolute atomic E-state index is 11.2. The molecule has 0 radical (unpaired) electrons. The van der Waals surface area contributed by atoms with E-state index in [1.54, 1.807) is 6.26 Å². The summed E-state index contributed by atoms with van der Waals surface area (Å²) in [6, 6.07) is 0.948. The first-order valence-corrected chi connectivity index (χ1v) is 7.35. The van der Waals surface area contributed by atoms with Crippen molar-refractivity contribution in [2.75, 3.05) is 25.1 Å². The summed E-state index contributed by atoms with van der Waals surface area (Å²) in [6.07, 6.45) is 1.79. The lowest BCUT2D eigenvalue weighted by Crippen LogP contribution is -2.63. The van der Waals surface area contributed by atoms with Crippen LogP contribution in [0.25, 0.3) is 0 Å². The van der Waals surface area contributed by atoms with E-state index in [0.717, 1.165) is 18.8 Å². The van der Waals surface area contributed by atoms with Gasteiger partial charge in [0.2, 0.25) is 0 Å². The summed E-state index contributed by atoms with van der Waals surface area (Å²) in [5, 5.41) is 3.53. The molecule has 3 atom stereocenters. The lowest BCUT2D eigenvalue weighted by atomic mass is 9.98. The van der Waals surface area contributed by atoms with Crippen molar-refractivity contribution in [1.29, 1.82) is 0 Å². The highest BCUT2D eigenvalue weighted by molar-refractivity contribution is 7.84. The van der Waals surface area contributed by atoms with Crippen molar-refractivity contribution in [3.8, 4) is 0 Å². The van der Waals surface area contributed by atoms with Gasteiger partial charge in [0.15, 0.2) is 0 Å². The fourth-order valence-corrected chi connectivity index (χ4v) is 3.11. The van der Waals surface area contributed by atoms with E-state index in [1.165, 1.54) is 0 Å². The summed E-state index contributed by atoms with van der Waals surface area (Å²) >= 11 is 0. The zero-order valence-corrected chi connectivity index (χ0v) is 11.4. The van der Waals surface area contributed by atoms with Crippen LogP contribution in [0.15, 0.2) is 0 Å². The highest BCUT2D eigenvalue weighted by Gasteiger charge is 2.32. The summed E-state index contributed by atoms with van der Waals surface area (Å²) in [6.45, 7) is 10.9. The second-order valence-corrected chi connectivity index (χ2v) is 6.85. The van der Waals surface area contributed by atoms with Gasteiger partial charge in [0.1, 0.15) is 0 Å². The summed E-state index contributed by atoms with van der Waals surface area (Å²) < 4.78 is 11.2. The molecule has 1 rings (SSSR count). The topological polar surface area (TPSA) is 32.3 Å². The lowest BCUT2D eigenvalue weighted by Gasteiger charge is -2.46. The maximum Gasteiger partial charge on any atom is 0.0385 e. The Kier molecular flexibility index (Phi) is 4.32. The van der Waals surface area contributed by atoms with Crippen LogP contribution < -0.4 is 5.32 Å². The Morgan fingerprint density at radius 2 is 2.20 bits per heavy atom.